The summed E-state index contributed by atoms with van der Waals surface area (Å²) in [7, 11) is -1.71. The molecule has 178 valence electrons. The Kier molecular flexibility index (Phi) is 7.89. The van der Waals surface area contributed by atoms with Crippen molar-refractivity contribution < 1.29 is 14.3 Å². The summed E-state index contributed by atoms with van der Waals surface area (Å²) >= 11 is 0. The van der Waals surface area contributed by atoms with Crippen LogP contribution in [0, 0.1) is 5.92 Å². The topological polar surface area (TPSA) is 53.0 Å². The summed E-state index contributed by atoms with van der Waals surface area (Å²) < 4.78 is 6.33. The van der Waals surface area contributed by atoms with E-state index < -0.39 is 14.4 Å². The molecule has 1 aliphatic heterocycles. The minimum atomic E-state index is -1.71. The van der Waals surface area contributed by atoms with Crippen LogP contribution in [0.15, 0.2) is 35.9 Å². The number of rotatable bonds is 8. The zero-order chi connectivity index (χ0) is 23.5. The van der Waals surface area contributed by atoms with Gasteiger partial charge >= 0.3 is 6.09 Å². The van der Waals surface area contributed by atoms with Crippen LogP contribution < -0.4 is 0 Å². The van der Waals surface area contributed by atoms with E-state index in [0.717, 1.165) is 45.5 Å². The SMILES string of the molecule is CC(=Cc1ccccc1)C1CC1N(C(=O)O)C1CCN(CCO[Si](C)(C)C(C)(C)C)CC1. The molecule has 0 radical (unpaired) electrons. The van der Waals surface area contributed by atoms with Crippen LogP contribution in [0.1, 0.15) is 52.5 Å². The van der Waals surface area contributed by atoms with Gasteiger partial charge in [-0.2, -0.15) is 0 Å². The molecule has 2 unspecified atom stereocenters. The molecule has 0 spiro atoms. The van der Waals surface area contributed by atoms with E-state index in [-0.39, 0.29) is 17.1 Å². The average Bonchev–Trinajstić information content (AvgIpc) is 3.49. The first-order valence-corrected chi connectivity index (χ1v) is 15.0. The van der Waals surface area contributed by atoms with Crippen LogP contribution in [0.5, 0.6) is 0 Å². The van der Waals surface area contributed by atoms with E-state index in [1.807, 2.05) is 18.2 Å². The Morgan fingerprint density at radius 2 is 1.84 bits per heavy atom. The van der Waals surface area contributed by atoms with Crippen LogP contribution in [-0.4, -0.2) is 67.6 Å². The zero-order valence-corrected chi connectivity index (χ0v) is 21.8. The van der Waals surface area contributed by atoms with Crippen LogP contribution in [0.3, 0.4) is 0 Å². The minimum absolute atomic E-state index is 0.129. The Labute approximate surface area is 195 Å². The normalized spacial score (nSPS) is 23.2. The third-order valence-electron chi connectivity index (χ3n) is 7.74. The number of piperidine rings is 1. The fraction of sp³-hybridized carbons (Fsp3) is 0.654. The molecule has 1 N–H and O–H groups in total. The van der Waals surface area contributed by atoms with Gasteiger partial charge < -0.3 is 19.3 Å². The molecule has 2 atom stereocenters. The predicted octanol–water partition coefficient (Wildman–Crippen LogP) is 5.94. The van der Waals surface area contributed by atoms with Gasteiger partial charge in [-0.05, 0) is 49.9 Å². The number of carboxylic acid groups (broad SMARTS) is 1. The fourth-order valence-electron chi connectivity index (χ4n) is 4.53. The number of amides is 1. The Bertz CT molecular complexity index is 795. The molecule has 32 heavy (non-hydrogen) atoms. The second kappa shape index (κ2) is 10.1. The van der Waals surface area contributed by atoms with Gasteiger partial charge in [-0.3, -0.25) is 0 Å². The summed E-state index contributed by atoms with van der Waals surface area (Å²) in [6.45, 7) is 17.2. The van der Waals surface area contributed by atoms with Crippen molar-refractivity contribution >= 4 is 20.5 Å². The lowest BCUT2D eigenvalue weighted by atomic mass is 10.0. The lowest BCUT2D eigenvalue weighted by molar-refractivity contribution is 0.0794. The van der Waals surface area contributed by atoms with Crippen molar-refractivity contribution in [3.8, 4) is 0 Å². The maximum atomic E-state index is 12.1. The summed E-state index contributed by atoms with van der Waals surface area (Å²) in [6.07, 6.45) is 4.22. The standard InChI is InChI=1S/C26H42N2O3Si/c1-20(18-21-10-8-7-9-11-21)23-19-24(23)28(25(29)30)22-12-14-27(15-13-22)16-17-31-32(5,6)26(2,3)4/h7-11,18,22-24H,12-17,19H2,1-6H3,(H,29,30). The molecule has 1 saturated carbocycles. The Morgan fingerprint density at radius 3 is 2.41 bits per heavy atom. The molecule has 0 bridgehead atoms. The zero-order valence-electron chi connectivity index (χ0n) is 20.8. The minimum Gasteiger partial charge on any atom is -0.465 e. The number of benzene rings is 1. The predicted molar refractivity (Wildman–Crippen MR) is 134 cm³/mol. The maximum Gasteiger partial charge on any atom is 0.407 e. The summed E-state index contributed by atoms with van der Waals surface area (Å²) in [6, 6.07) is 10.6. The first kappa shape index (κ1) is 25.0. The highest BCUT2D eigenvalue weighted by molar-refractivity contribution is 6.74. The molecule has 1 amide bonds. The second-order valence-corrected chi connectivity index (χ2v) is 15.9. The van der Waals surface area contributed by atoms with E-state index in [0.29, 0.717) is 5.92 Å². The van der Waals surface area contributed by atoms with Gasteiger partial charge in [-0.1, -0.05) is 62.8 Å². The fourth-order valence-corrected chi connectivity index (χ4v) is 5.57. The highest BCUT2D eigenvalue weighted by atomic mass is 28.4. The van der Waals surface area contributed by atoms with E-state index in [1.54, 1.807) is 4.90 Å². The summed E-state index contributed by atoms with van der Waals surface area (Å²) in [5.74, 6) is 0.349. The van der Waals surface area contributed by atoms with Gasteiger partial charge in [-0.25, -0.2) is 4.79 Å². The van der Waals surface area contributed by atoms with Gasteiger partial charge in [0.15, 0.2) is 8.32 Å². The maximum absolute atomic E-state index is 12.1. The molecular formula is C26H42N2O3Si. The highest BCUT2D eigenvalue weighted by Crippen LogP contribution is 2.44. The summed E-state index contributed by atoms with van der Waals surface area (Å²) in [4.78, 5) is 16.4. The Hall–Kier alpha value is -1.63. The van der Waals surface area contributed by atoms with E-state index >= 15 is 0 Å². The summed E-state index contributed by atoms with van der Waals surface area (Å²) in [5.41, 5.74) is 2.47. The van der Waals surface area contributed by atoms with Crippen LogP contribution in [0.25, 0.3) is 6.08 Å². The van der Waals surface area contributed by atoms with Gasteiger partial charge in [0.05, 0.1) is 0 Å². The monoisotopic (exact) mass is 458 g/mol. The molecule has 1 aliphatic carbocycles. The number of carbonyl (C=O) groups is 1. The first-order valence-electron chi connectivity index (χ1n) is 12.1. The van der Waals surface area contributed by atoms with Crippen molar-refractivity contribution in [3.63, 3.8) is 0 Å². The molecule has 3 rings (SSSR count). The lowest BCUT2D eigenvalue weighted by Crippen LogP contribution is -2.49. The first-order chi connectivity index (χ1) is 15.0. The van der Waals surface area contributed by atoms with Crippen molar-refractivity contribution in [1.82, 2.24) is 9.80 Å². The van der Waals surface area contributed by atoms with Crippen molar-refractivity contribution in [2.75, 3.05) is 26.2 Å². The van der Waals surface area contributed by atoms with E-state index in [1.165, 1.54) is 11.1 Å². The average molecular weight is 459 g/mol. The van der Waals surface area contributed by atoms with Crippen LogP contribution in [0.2, 0.25) is 18.1 Å². The largest absolute Gasteiger partial charge is 0.465 e. The van der Waals surface area contributed by atoms with Gasteiger partial charge in [0, 0.05) is 44.2 Å². The Morgan fingerprint density at radius 1 is 1.22 bits per heavy atom. The molecule has 1 saturated heterocycles. The smallest absolute Gasteiger partial charge is 0.407 e. The lowest BCUT2D eigenvalue weighted by Gasteiger charge is -2.39. The van der Waals surface area contributed by atoms with Crippen LogP contribution in [-0.2, 0) is 4.43 Å². The van der Waals surface area contributed by atoms with Crippen molar-refractivity contribution in [3.05, 3.63) is 41.5 Å². The van der Waals surface area contributed by atoms with Crippen molar-refractivity contribution in [2.24, 2.45) is 5.92 Å². The molecule has 1 aromatic carbocycles. The van der Waals surface area contributed by atoms with E-state index in [9.17, 15) is 9.90 Å². The molecule has 6 heteroatoms. The molecule has 1 aromatic rings. The number of likely N-dealkylation sites (tertiary alicyclic amines) is 1. The van der Waals surface area contributed by atoms with Crippen molar-refractivity contribution in [2.45, 2.75) is 77.2 Å². The second-order valence-electron chi connectivity index (χ2n) is 11.1. The third-order valence-corrected chi connectivity index (χ3v) is 12.3. The molecular weight excluding hydrogens is 416 g/mol. The van der Waals surface area contributed by atoms with Gasteiger partial charge in [-0.15, -0.1) is 0 Å². The van der Waals surface area contributed by atoms with E-state index in [4.69, 9.17) is 4.43 Å². The van der Waals surface area contributed by atoms with Gasteiger partial charge in [0.2, 0.25) is 0 Å². The highest BCUT2D eigenvalue weighted by Gasteiger charge is 2.47. The van der Waals surface area contributed by atoms with Crippen LogP contribution in [0.4, 0.5) is 4.79 Å². The summed E-state index contributed by atoms with van der Waals surface area (Å²) in [5, 5.41) is 10.2. The molecule has 2 aliphatic rings. The third kappa shape index (κ3) is 6.24. The molecule has 5 nitrogen and oxygen atoms in total. The van der Waals surface area contributed by atoms with Gasteiger partial charge in [0.25, 0.3) is 0 Å². The van der Waals surface area contributed by atoms with Gasteiger partial charge in [0.1, 0.15) is 0 Å². The van der Waals surface area contributed by atoms with Crippen LogP contribution >= 0.6 is 0 Å². The quantitative estimate of drug-likeness (QED) is 0.490. The van der Waals surface area contributed by atoms with Crippen molar-refractivity contribution in [1.29, 1.82) is 0 Å². The Balaban J connectivity index is 1.49. The number of hydrogen-bond donors (Lipinski definition) is 1. The number of nitrogens with zero attached hydrogens (tertiary/aromatic N) is 2. The molecule has 1 heterocycles. The molecule has 2 fully saturated rings. The molecule has 0 aromatic heterocycles. The van der Waals surface area contributed by atoms with E-state index in [2.05, 4.69) is 63.9 Å². The number of hydrogen-bond acceptors (Lipinski definition) is 3.